The number of benzene rings is 1. The number of unbranched alkanes of at least 4 members (excludes halogenated alkanes) is 1. The number of carbonyl (C=O) groups is 2. The highest BCUT2D eigenvalue weighted by Gasteiger charge is 2.55. The van der Waals surface area contributed by atoms with Crippen molar-refractivity contribution in [1.29, 1.82) is 0 Å². The van der Waals surface area contributed by atoms with Crippen LogP contribution in [0.25, 0.3) is 0 Å². The summed E-state index contributed by atoms with van der Waals surface area (Å²) in [5, 5.41) is 19.4. The number of carboxylic acids is 2. The summed E-state index contributed by atoms with van der Waals surface area (Å²) in [7, 11) is 0. The number of hydrogen-bond acceptors (Lipinski definition) is 2. The van der Waals surface area contributed by atoms with Gasteiger partial charge in [0.25, 0.3) is 0 Å². The van der Waals surface area contributed by atoms with E-state index < -0.39 is 22.8 Å². The summed E-state index contributed by atoms with van der Waals surface area (Å²) in [4.78, 5) is 23.7. The van der Waals surface area contributed by atoms with E-state index in [2.05, 4.69) is 0 Å². The number of aliphatic carboxylic acids is 2. The first-order chi connectivity index (χ1) is 9.78. The van der Waals surface area contributed by atoms with Crippen molar-refractivity contribution in [3.63, 3.8) is 0 Å². The van der Waals surface area contributed by atoms with E-state index >= 15 is 0 Å². The van der Waals surface area contributed by atoms with Crippen molar-refractivity contribution in [2.24, 2.45) is 10.8 Å². The SMILES string of the molecule is CCCCC(Cc1ccccc1)(C(=O)O)C(C)(C)C(=O)O. The fraction of sp³-hybridized carbons (Fsp3) is 0.529. The zero-order chi connectivity index (χ0) is 16.1. The van der Waals surface area contributed by atoms with E-state index in [1.165, 1.54) is 13.8 Å². The normalized spacial score (nSPS) is 14.4. The molecule has 0 aromatic heterocycles. The second-order valence-electron chi connectivity index (χ2n) is 6.08. The van der Waals surface area contributed by atoms with E-state index in [9.17, 15) is 19.8 Å². The Morgan fingerprint density at radius 3 is 2.05 bits per heavy atom. The minimum absolute atomic E-state index is 0.225. The van der Waals surface area contributed by atoms with Crippen LogP contribution in [0.2, 0.25) is 0 Å². The molecule has 1 aromatic rings. The van der Waals surface area contributed by atoms with Crippen molar-refractivity contribution in [2.75, 3.05) is 0 Å². The second-order valence-corrected chi connectivity index (χ2v) is 6.08. The second kappa shape index (κ2) is 6.74. The topological polar surface area (TPSA) is 74.6 Å². The summed E-state index contributed by atoms with van der Waals surface area (Å²) in [6, 6.07) is 9.24. The lowest BCUT2D eigenvalue weighted by Crippen LogP contribution is -2.50. The summed E-state index contributed by atoms with van der Waals surface area (Å²) in [6.45, 7) is 5.01. The Balaban J connectivity index is 3.31. The van der Waals surface area contributed by atoms with Crippen molar-refractivity contribution >= 4 is 11.9 Å². The molecule has 0 aliphatic rings. The molecule has 1 aromatic carbocycles. The summed E-state index contributed by atoms with van der Waals surface area (Å²) in [6.07, 6.45) is 2.10. The van der Waals surface area contributed by atoms with Gasteiger partial charge in [-0.05, 0) is 32.3 Å². The maximum Gasteiger partial charge on any atom is 0.311 e. The van der Waals surface area contributed by atoms with Crippen molar-refractivity contribution < 1.29 is 19.8 Å². The van der Waals surface area contributed by atoms with Gasteiger partial charge in [0.1, 0.15) is 0 Å². The molecule has 116 valence electrons. The molecule has 0 bridgehead atoms. The van der Waals surface area contributed by atoms with E-state index in [0.29, 0.717) is 12.8 Å². The van der Waals surface area contributed by atoms with Crippen LogP contribution in [0.4, 0.5) is 0 Å². The van der Waals surface area contributed by atoms with Crippen molar-refractivity contribution in [1.82, 2.24) is 0 Å². The Hall–Kier alpha value is -1.84. The highest BCUT2D eigenvalue weighted by molar-refractivity contribution is 5.86. The summed E-state index contributed by atoms with van der Waals surface area (Å²) < 4.78 is 0. The lowest BCUT2D eigenvalue weighted by molar-refractivity contribution is -0.172. The highest BCUT2D eigenvalue weighted by atomic mass is 16.4. The standard InChI is InChI=1S/C17H24O4/c1-4-5-11-17(15(20)21,16(2,3)14(18)19)12-13-9-7-6-8-10-13/h6-10H,4-5,11-12H2,1-3H3,(H,18,19)(H,20,21). The van der Waals surface area contributed by atoms with Gasteiger partial charge in [0.05, 0.1) is 10.8 Å². The van der Waals surface area contributed by atoms with Gasteiger partial charge in [0, 0.05) is 0 Å². The van der Waals surface area contributed by atoms with E-state index in [1.54, 1.807) is 0 Å². The smallest absolute Gasteiger partial charge is 0.311 e. The van der Waals surface area contributed by atoms with Crippen LogP contribution < -0.4 is 0 Å². The van der Waals surface area contributed by atoms with Gasteiger partial charge < -0.3 is 10.2 Å². The number of hydrogen-bond donors (Lipinski definition) is 2. The molecule has 1 atom stereocenters. The van der Waals surface area contributed by atoms with Gasteiger partial charge in [-0.3, -0.25) is 9.59 Å². The molecule has 0 amide bonds. The van der Waals surface area contributed by atoms with Crippen LogP contribution in [0.5, 0.6) is 0 Å². The summed E-state index contributed by atoms with van der Waals surface area (Å²) in [5.74, 6) is -2.11. The molecule has 21 heavy (non-hydrogen) atoms. The first-order valence-electron chi connectivity index (χ1n) is 7.28. The molecule has 4 heteroatoms. The first kappa shape index (κ1) is 17.2. The summed E-state index contributed by atoms with van der Waals surface area (Å²) in [5.41, 5.74) is -1.80. The van der Waals surface area contributed by atoms with Crippen LogP contribution in [0, 0.1) is 10.8 Å². The van der Waals surface area contributed by atoms with Gasteiger partial charge in [-0.25, -0.2) is 0 Å². The highest BCUT2D eigenvalue weighted by Crippen LogP contribution is 2.46. The predicted molar refractivity (Wildman–Crippen MR) is 81.2 cm³/mol. The fourth-order valence-corrected chi connectivity index (χ4v) is 2.70. The molecule has 0 radical (unpaired) electrons. The van der Waals surface area contributed by atoms with Gasteiger partial charge in [0.15, 0.2) is 0 Å². The third kappa shape index (κ3) is 3.43. The van der Waals surface area contributed by atoms with E-state index in [-0.39, 0.29) is 6.42 Å². The Morgan fingerprint density at radius 2 is 1.62 bits per heavy atom. The molecule has 0 saturated carbocycles. The molecule has 0 heterocycles. The Kier molecular flexibility index (Phi) is 5.53. The maximum atomic E-state index is 12.0. The van der Waals surface area contributed by atoms with Crippen LogP contribution in [-0.2, 0) is 16.0 Å². The fourth-order valence-electron chi connectivity index (χ4n) is 2.70. The molecule has 0 aliphatic heterocycles. The third-order valence-electron chi connectivity index (χ3n) is 4.45. The molecular weight excluding hydrogens is 268 g/mol. The number of carboxylic acid groups (broad SMARTS) is 2. The number of rotatable bonds is 8. The van der Waals surface area contributed by atoms with E-state index in [1.807, 2.05) is 37.3 Å². The van der Waals surface area contributed by atoms with Gasteiger partial charge >= 0.3 is 11.9 Å². The van der Waals surface area contributed by atoms with Crippen LogP contribution in [0.1, 0.15) is 45.6 Å². The van der Waals surface area contributed by atoms with Crippen molar-refractivity contribution in [3.05, 3.63) is 35.9 Å². The van der Waals surface area contributed by atoms with E-state index in [0.717, 1.165) is 12.0 Å². The minimum Gasteiger partial charge on any atom is -0.481 e. The lowest BCUT2D eigenvalue weighted by Gasteiger charge is -2.41. The molecule has 0 fully saturated rings. The monoisotopic (exact) mass is 292 g/mol. The quantitative estimate of drug-likeness (QED) is 0.767. The van der Waals surface area contributed by atoms with Crippen molar-refractivity contribution in [3.8, 4) is 0 Å². The Bertz CT molecular complexity index is 493. The predicted octanol–water partition coefficient (Wildman–Crippen LogP) is 3.60. The van der Waals surface area contributed by atoms with Gasteiger partial charge in [-0.1, -0.05) is 50.1 Å². The lowest BCUT2D eigenvalue weighted by atomic mass is 9.60. The molecule has 0 spiro atoms. The molecule has 1 unspecified atom stereocenters. The van der Waals surface area contributed by atoms with Crippen LogP contribution >= 0.6 is 0 Å². The Labute approximate surface area is 125 Å². The average Bonchev–Trinajstić information content (AvgIpc) is 2.43. The zero-order valence-electron chi connectivity index (χ0n) is 12.9. The van der Waals surface area contributed by atoms with Gasteiger partial charge in [-0.2, -0.15) is 0 Å². The Morgan fingerprint density at radius 1 is 1.05 bits per heavy atom. The largest absolute Gasteiger partial charge is 0.481 e. The zero-order valence-corrected chi connectivity index (χ0v) is 12.9. The third-order valence-corrected chi connectivity index (χ3v) is 4.45. The first-order valence-corrected chi connectivity index (χ1v) is 7.28. The van der Waals surface area contributed by atoms with Crippen LogP contribution in [0.3, 0.4) is 0 Å². The molecular formula is C17H24O4. The van der Waals surface area contributed by atoms with Crippen LogP contribution in [0.15, 0.2) is 30.3 Å². The molecule has 1 rings (SSSR count). The van der Waals surface area contributed by atoms with Crippen molar-refractivity contribution in [2.45, 2.75) is 46.5 Å². The minimum atomic E-state index is -1.34. The van der Waals surface area contributed by atoms with Gasteiger partial charge in [0.2, 0.25) is 0 Å². The van der Waals surface area contributed by atoms with E-state index in [4.69, 9.17) is 0 Å². The van der Waals surface area contributed by atoms with Crippen LogP contribution in [-0.4, -0.2) is 22.2 Å². The molecule has 0 saturated heterocycles. The molecule has 0 aliphatic carbocycles. The average molecular weight is 292 g/mol. The maximum absolute atomic E-state index is 12.0. The molecule has 4 nitrogen and oxygen atoms in total. The van der Waals surface area contributed by atoms with Gasteiger partial charge in [-0.15, -0.1) is 0 Å². The summed E-state index contributed by atoms with van der Waals surface area (Å²) >= 11 is 0. The molecule has 2 N–H and O–H groups in total.